The van der Waals surface area contributed by atoms with Crippen LogP contribution in [0.3, 0.4) is 0 Å². The number of ether oxygens (including phenoxy) is 2. The van der Waals surface area contributed by atoms with Gasteiger partial charge in [0.05, 0.1) is 18.9 Å². The monoisotopic (exact) mass is 460 g/mol. The van der Waals surface area contributed by atoms with Crippen LogP contribution in [-0.2, 0) is 32.3 Å². The van der Waals surface area contributed by atoms with Crippen molar-refractivity contribution in [1.29, 1.82) is 5.26 Å². The summed E-state index contributed by atoms with van der Waals surface area (Å²) in [5.74, 6) is -0.896. The summed E-state index contributed by atoms with van der Waals surface area (Å²) in [5.41, 5.74) is -0.882. The van der Waals surface area contributed by atoms with Gasteiger partial charge in [0.1, 0.15) is 13.2 Å². The zero-order valence-electron chi connectivity index (χ0n) is 19.4. The van der Waals surface area contributed by atoms with Crippen LogP contribution >= 0.6 is 0 Å². The summed E-state index contributed by atoms with van der Waals surface area (Å²) in [5, 5.41) is 17.7. The zero-order valence-corrected chi connectivity index (χ0v) is 19.4. The Bertz CT molecular complexity index is 974. The molecule has 0 N–H and O–H groups in total. The maximum atomic E-state index is 12.1. The Balaban J connectivity index is 1.84. The highest BCUT2D eigenvalue weighted by Gasteiger charge is 2.34. The molecule has 8 heteroatoms. The molecular weight excluding hydrogens is 432 g/mol. The van der Waals surface area contributed by atoms with Gasteiger partial charge in [0.2, 0.25) is 0 Å². The second-order valence-electron chi connectivity index (χ2n) is 8.21. The number of hydrogen-bond donors (Lipinski definition) is 0. The van der Waals surface area contributed by atoms with E-state index in [1.165, 1.54) is 0 Å². The molecule has 0 amide bonds. The minimum Gasteiger partial charge on any atom is -0.461 e. The number of nitriles is 1. The number of benzene rings is 2. The highest BCUT2D eigenvalue weighted by Crippen LogP contribution is 2.25. The van der Waals surface area contributed by atoms with E-state index in [1.54, 1.807) is 13.8 Å². The van der Waals surface area contributed by atoms with Crippen molar-refractivity contribution in [2.75, 3.05) is 0 Å². The summed E-state index contributed by atoms with van der Waals surface area (Å²) in [6.45, 7) is 10.9. The first-order valence-corrected chi connectivity index (χ1v) is 10.9. The predicted molar refractivity (Wildman–Crippen MR) is 125 cm³/mol. The van der Waals surface area contributed by atoms with E-state index in [1.807, 2.05) is 66.7 Å². The van der Waals surface area contributed by atoms with Gasteiger partial charge in [-0.05, 0) is 24.5 Å². The largest absolute Gasteiger partial charge is 0.461 e. The molecule has 0 spiro atoms. The van der Waals surface area contributed by atoms with Crippen molar-refractivity contribution >= 4 is 11.9 Å². The smallest absolute Gasteiger partial charge is 0.338 e. The molecule has 0 aliphatic rings. The molecule has 8 nitrogen and oxygen atoms in total. The summed E-state index contributed by atoms with van der Waals surface area (Å²) in [7, 11) is 0. The zero-order chi connectivity index (χ0) is 24.9. The Morgan fingerprint density at radius 1 is 0.882 bits per heavy atom. The third-order valence-corrected chi connectivity index (χ3v) is 5.07. The van der Waals surface area contributed by atoms with Crippen molar-refractivity contribution in [3.8, 4) is 6.07 Å². The van der Waals surface area contributed by atoms with Gasteiger partial charge in [0, 0.05) is 13.3 Å². The van der Waals surface area contributed by atoms with E-state index >= 15 is 0 Å². The van der Waals surface area contributed by atoms with Crippen LogP contribution < -0.4 is 0 Å². The lowest BCUT2D eigenvalue weighted by Crippen LogP contribution is -2.24. The Kier molecular flexibility index (Phi) is 9.91. The van der Waals surface area contributed by atoms with Crippen LogP contribution in [0.2, 0.25) is 0 Å². The van der Waals surface area contributed by atoms with E-state index < -0.39 is 23.1 Å². The standard InChI is InChI=1S/C26H28N4O4/c1-25(20-27,16-14-23(31)33-18-21-10-6-4-7-11-21)29-30-26(2,28-3)17-15-24(32)34-19-22-12-8-5-9-13-22/h4-13H,14-19H2,1-2H3. The molecule has 0 bridgehead atoms. The molecule has 0 aromatic heterocycles. The summed E-state index contributed by atoms with van der Waals surface area (Å²) < 4.78 is 10.5. The SMILES string of the molecule is [C-]#[N+]C(C)(CCC(=O)OCc1ccccc1)N=NC(C)(C#N)CCC(=O)OCc1ccccc1. The number of rotatable bonds is 12. The van der Waals surface area contributed by atoms with Crippen LogP contribution in [0.15, 0.2) is 70.9 Å². The molecule has 0 aliphatic heterocycles. The van der Waals surface area contributed by atoms with Crippen molar-refractivity contribution in [2.45, 2.75) is 63.9 Å². The third-order valence-electron chi connectivity index (χ3n) is 5.07. The van der Waals surface area contributed by atoms with Gasteiger partial charge in [0.15, 0.2) is 5.54 Å². The second kappa shape index (κ2) is 12.9. The van der Waals surface area contributed by atoms with Crippen molar-refractivity contribution in [3.05, 3.63) is 83.2 Å². The van der Waals surface area contributed by atoms with E-state index in [0.29, 0.717) is 0 Å². The minimum atomic E-state index is -1.32. The van der Waals surface area contributed by atoms with Crippen molar-refractivity contribution < 1.29 is 19.1 Å². The number of azo groups is 1. The average Bonchev–Trinajstić information content (AvgIpc) is 2.88. The lowest BCUT2D eigenvalue weighted by atomic mass is 9.99. The van der Waals surface area contributed by atoms with Gasteiger partial charge in [-0.15, -0.1) is 5.11 Å². The molecule has 2 aromatic rings. The molecule has 2 atom stereocenters. The fourth-order valence-electron chi connectivity index (χ4n) is 2.78. The normalized spacial score (nSPS) is 14.2. The molecule has 2 unspecified atom stereocenters. The Morgan fingerprint density at radius 3 is 1.79 bits per heavy atom. The first kappa shape index (κ1) is 26.2. The van der Waals surface area contributed by atoms with Gasteiger partial charge >= 0.3 is 17.6 Å². The molecule has 0 radical (unpaired) electrons. The number of nitrogens with zero attached hydrogens (tertiary/aromatic N) is 4. The van der Waals surface area contributed by atoms with Gasteiger partial charge in [-0.1, -0.05) is 60.7 Å². The number of hydrogen-bond acceptors (Lipinski definition) is 7. The van der Waals surface area contributed by atoms with Crippen molar-refractivity contribution in [1.82, 2.24) is 0 Å². The summed E-state index contributed by atoms with van der Waals surface area (Å²) in [6.07, 6.45) is 0.151. The van der Waals surface area contributed by atoms with Gasteiger partial charge in [0.25, 0.3) is 0 Å². The number of carbonyl (C=O) groups is 2. The molecule has 0 heterocycles. The van der Waals surface area contributed by atoms with Crippen LogP contribution in [0, 0.1) is 17.9 Å². The van der Waals surface area contributed by atoms with Crippen LogP contribution in [0.1, 0.15) is 50.7 Å². The lowest BCUT2D eigenvalue weighted by Gasteiger charge is -2.17. The minimum absolute atomic E-state index is 0.0141. The van der Waals surface area contributed by atoms with E-state index in [2.05, 4.69) is 15.1 Å². The molecular formula is C26H28N4O4. The summed E-state index contributed by atoms with van der Waals surface area (Å²) >= 11 is 0. The molecule has 0 saturated carbocycles. The van der Waals surface area contributed by atoms with E-state index in [-0.39, 0.29) is 38.9 Å². The van der Waals surface area contributed by atoms with E-state index in [4.69, 9.17) is 16.0 Å². The first-order chi connectivity index (χ1) is 16.3. The number of esters is 2. The third kappa shape index (κ3) is 9.22. The van der Waals surface area contributed by atoms with Gasteiger partial charge in [-0.2, -0.15) is 10.4 Å². The average molecular weight is 461 g/mol. The first-order valence-electron chi connectivity index (χ1n) is 10.9. The fourth-order valence-corrected chi connectivity index (χ4v) is 2.78. The Labute approximate surface area is 200 Å². The molecule has 0 fully saturated rings. The molecule has 0 saturated heterocycles. The Morgan fingerprint density at radius 2 is 1.35 bits per heavy atom. The van der Waals surface area contributed by atoms with Crippen molar-refractivity contribution in [2.24, 2.45) is 10.2 Å². The van der Waals surface area contributed by atoms with Crippen LogP contribution in [0.25, 0.3) is 4.85 Å². The molecule has 2 rings (SSSR count). The quantitative estimate of drug-likeness (QED) is 0.239. The molecule has 2 aromatic carbocycles. The highest BCUT2D eigenvalue weighted by molar-refractivity contribution is 5.70. The maximum absolute atomic E-state index is 12.1. The molecule has 0 aliphatic carbocycles. The second-order valence-corrected chi connectivity index (χ2v) is 8.21. The Hall–Kier alpha value is -4.04. The van der Waals surface area contributed by atoms with Crippen LogP contribution in [0.4, 0.5) is 0 Å². The summed E-state index contributed by atoms with van der Waals surface area (Å²) in [4.78, 5) is 27.6. The topological polar surface area (TPSA) is 105 Å². The number of carbonyl (C=O) groups excluding carboxylic acids is 2. The van der Waals surface area contributed by atoms with Gasteiger partial charge < -0.3 is 9.47 Å². The maximum Gasteiger partial charge on any atom is 0.338 e. The predicted octanol–water partition coefficient (Wildman–Crippen LogP) is 5.40. The van der Waals surface area contributed by atoms with E-state index in [9.17, 15) is 14.9 Å². The highest BCUT2D eigenvalue weighted by atomic mass is 16.5. The lowest BCUT2D eigenvalue weighted by molar-refractivity contribution is -0.146. The van der Waals surface area contributed by atoms with Gasteiger partial charge in [-0.25, -0.2) is 6.57 Å². The van der Waals surface area contributed by atoms with E-state index in [0.717, 1.165) is 11.1 Å². The molecule has 176 valence electrons. The van der Waals surface area contributed by atoms with Gasteiger partial charge in [-0.3, -0.25) is 14.4 Å². The van der Waals surface area contributed by atoms with Crippen molar-refractivity contribution in [3.63, 3.8) is 0 Å². The summed E-state index contributed by atoms with van der Waals surface area (Å²) in [6, 6.07) is 20.6. The van der Waals surface area contributed by atoms with Crippen LogP contribution in [-0.4, -0.2) is 23.1 Å². The van der Waals surface area contributed by atoms with Crippen LogP contribution in [0.5, 0.6) is 0 Å². The fraction of sp³-hybridized carbons (Fsp3) is 0.385. The molecule has 34 heavy (non-hydrogen) atoms.